The van der Waals surface area contributed by atoms with E-state index in [2.05, 4.69) is 10.3 Å². The van der Waals surface area contributed by atoms with Gasteiger partial charge >= 0.3 is 0 Å². The van der Waals surface area contributed by atoms with Gasteiger partial charge < -0.3 is 4.90 Å². The quantitative estimate of drug-likeness (QED) is 0.806. The number of halogens is 2. The predicted molar refractivity (Wildman–Crippen MR) is 95.4 cm³/mol. The molecule has 6 nitrogen and oxygen atoms in total. The van der Waals surface area contributed by atoms with Gasteiger partial charge in [-0.1, -0.05) is 35.5 Å². The zero-order valence-electron chi connectivity index (χ0n) is 15.1. The van der Waals surface area contributed by atoms with E-state index in [4.69, 9.17) is 0 Å². The Labute approximate surface area is 156 Å². The van der Waals surface area contributed by atoms with E-state index in [1.54, 1.807) is 16.0 Å². The van der Waals surface area contributed by atoms with Crippen LogP contribution in [0, 0.1) is 0 Å². The summed E-state index contributed by atoms with van der Waals surface area (Å²) >= 11 is 0. The van der Waals surface area contributed by atoms with Crippen LogP contribution in [0.15, 0.2) is 36.5 Å². The van der Waals surface area contributed by atoms with Crippen LogP contribution in [0.5, 0.6) is 0 Å². The normalized spacial score (nSPS) is 22.4. The first-order chi connectivity index (χ1) is 13.0. The van der Waals surface area contributed by atoms with E-state index in [0.717, 1.165) is 31.5 Å². The number of benzene rings is 1. The number of nitrogens with zero attached hydrogens (tertiary/aromatic N) is 5. The molecule has 1 aromatic carbocycles. The number of hydrogen-bond donors (Lipinski definition) is 0. The van der Waals surface area contributed by atoms with Crippen LogP contribution in [0.4, 0.5) is 8.78 Å². The molecule has 144 valence electrons. The number of carbonyl (C=O) groups is 1. The molecule has 2 aromatic rings. The maximum absolute atomic E-state index is 14.0. The topological polar surface area (TPSA) is 54.3 Å². The van der Waals surface area contributed by atoms with Gasteiger partial charge in [0.15, 0.2) is 5.69 Å². The van der Waals surface area contributed by atoms with Gasteiger partial charge in [-0.15, -0.1) is 5.10 Å². The van der Waals surface area contributed by atoms with Crippen molar-refractivity contribution >= 4 is 5.91 Å². The number of hydrogen-bond acceptors (Lipinski definition) is 4. The predicted octanol–water partition coefficient (Wildman–Crippen LogP) is 2.42. The molecule has 0 bridgehead atoms. The van der Waals surface area contributed by atoms with Gasteiger partial charge in [0.2, 0.25) is 0 Å². The molecule has 8 heteroatoms. The van der Waals surface area contributed by atoms with Crippen molar-refractivity contribution in [1.82, 2.24) is 24.8 Å². The van der Waals surface area contributed by atoms with E-state index in [0.29, 0.717) is 13.1 Å². The average molecular weight is 375 g/mol. The lowest BCUT2D eigenvalue weighted by molar-refractivity contribution is 0.0113. The summed E-state index contributed by atoms with van der Waals surface area (Å²) in [6, 6.07) is 9.26. The van der Waals surface area contributed by atoms with Crippen LogP contribution in [0.3, 0.4) is 0 Å². The average Bonchev–Trinajstić information content (AvgIpc) is 3.37. The van der Waals surface area contributed by atoms with E-state index in [1.807, 2.05) is 30.3 Å². The summed E-state index contributed by atoms with van der Waals surface area (Å²) < 4.78 is 29.6. The van der Waals surface area contributed by atoms with Crippen LogP contribution in [0.1, 0.15) is 35.3 Å². The van der Waals surface area contributed by atoms with Crippen LogP contribution < -0.4 is 0 Å². The molecule has 0 spiro atoms. The van der Waals surface area contributed by atoms with Crippen molar-refractivity contribution in [1.29, 1.82) is 0 Å². The molecule has 3 heterocycles. The molecule has 2 aliphatic heterocycles. The molecule has 0 saturated carbocycles. The lowest BCUT2D eigenvalue weighted by Gasteiger charge is -2.23. The Hall–Kier alpha value is -2.35. The smallest absolute Gasteiger partial charge is 0.276 e. The Balaban J connectivity index is 1.44. The van der Waals surface area contributed by atoms with Gasteiger partial charge in [-0.05, 0) is 18.4 Å². The first-order valence-electron chi connectivity index (χ1n) is 9.35. The number of rotatable bonds is 5. The van der Waals surface area contributed by atoms with Gasteiger partial charge in [0.05, 0.1) is 19.3 Å². The molecular formula is C19H23F2N5O. The van der Waals surface area contributed by atoms with Gasteiger partial charge in [-0.3, -0.25) is 14.4 Å². The minimum absolute atomic E-state index is 0.128. The zero-order valence-corrected chi connectivity index (χ0v) is 15.1. The summed E-state index contributed by atoms with van der Waals surface area (Å²) in [7, 11) is 0. The molecular weight excluding hydrogens is 352 g/mol. The number of carbonyl (C=O) groups excluding carboxylic acids is 1. The second-order valence-corrected chi connectivity index (χ2v) is 7.43. The molecule has 0 N–H and O–H groups in total. The van der Waals surface area contributed by atoms with Gasteiger partial charge in [-0.25, -0.2) is 8.78 Å². The monoisotopic (exact) mass is 375 g/mol. The molecule has 27 heavy (non-hydrogen) atoms. The van der Waals surface area contributed by atoms with E-state index in [-0.39, 0.29) is 30.6 Å². The van der Waals surface area contributed by atoms with Crippen molar-refractivity contribution in [3.63, 3.8) is 0 Å². The Kier molecular flexibility index (Phi) is 4.90. The van der Waals surface area contributed by atoms with Crippen LogP contribution in [-0.2, 0) is 13.1 Å². The summed E-state index contributed by atoms with van der Waals surface area (Å²) in [4.78, 5) is 15.9. The maximum Gasteiger partial charge on any atom is 0.276 e. The van der Waals surface area contributed by atoms with Crippen LogP contribution in [0.25, 0.3) is 0 Å². The molecule has 1 unspecified atom stereocenters. The molecule has 1 atom stereocenters. The van der Waals surface area contributed by atoms with Crippen molar-refractivity contribution in [3.8, 4) is 0 Å². The fourth-order valence-corrected chi connectivity index (χ4v) is 3.93. The number of likely N-dealkylation sites (tertiary alicyclic amines) is 2. The molecule has 2 saturated heterocycles. The minimum atomic E-state index is -2.71. The van der Waals surface area contributed by atoms with Gasteiger partial charge in [0.25, 0.3) is 11.8 Å². The summed E-state index contributed by atoms with van der Waals surface area (Å²) in [5.41, 5.74) is 1.29. The van der Waals surface area contributed by atoms with Crippen LogP contribution in [0.2, 0.25) is 0 Å². The lowest BCUT2D eigenvalue weighted by atomic mass is 10.1. The fraction of sp³-hybridized carbons (Fsp3) is 0.526. The third-order valence-electron chi connectivity index (χ3n) is 5.26. The molecule has 0 aliphatic carbocycles. The molecule has 2 fully saturated rings. The molecule has 0 radical (unpaired) electrons. The number of alkyl halides is 2. The lowest BCUT2D eigenvalue weighted by Crippen LogP contribution is -2.33. The molecule has 1 aromatic heterocycles. The molecule has 2 aliphatic rings. The largest absolute Gasteiger partial charge is 0.337 e. The van der Waals surface area contributed by atoms with Crippen LogP contribution >= 0.6 is 0 Å². The molecule has 4 rings (SSSR count). The highest BCUT2D eigenvalue weighted by molar-refractivity contribution is 5.92. The first kappa shape index (κ1) is 18.0. The van der Waals surface area contributed by atoms with E-state index >= 15 is 0 Å². The first-order valence-corrected chi connectivity index (χ1v) is 9.35. The Bertz CT molecular complexity index is 788. The van der Waals surface area contributed by atoms with Gasteiger partial charge in [-0.2, -0.15) is 0 Å². The highest BCUT2D eigenvalue weighted by Crippen LogP contribution is 2.33. The third-order valence-corrected chi connectivity index (χ3v) is 5.26. The maximum atomic E-state index is 14.0. The number of aromatic nitrogens is 3. The highest BCUT2D eigenvalue weighted by Gasteiger charge is 2.45. The Morgan fingerprint density at radius 3 is 2.67 bits per heavy atom. The summed E-state index contributed by atoms with van der Waals surface area (Å²) in [6.45, 7) is 1.98. The minimum Gasteiger partial charge on any atom is -0.337 e. The van der Waals surface area contributed by atoms with Crippen molar-refractivity contribution in [2.45, 2.75) is 44.3 Å². The van der Waals surface area contributed by atoms with Crippen molar-refractivity contribution in [2.24, 2.45) is 0 Å². The van der Waals surface area contributed by atoms with Crippen molar-refractivity contribution in [3.05, 3.63) is 47.8 Å². The van der Waals surface area contributed by atoms with Crippen LogP contribution in [-0.4, -0.2) is 62.3 Å². The summed E-state index contributed by atoms with van der Waals surface area (Å²) in [5, 5.41) is 7.97. The van der Waals surface area contributed by atoms with E-state index in [9.17, 15) is 13.6 Å². The number of amides is 1. The van der Waals surface area contributed by atoms with Crippen molar-refractivity contribution in [2.75, 3.05) is 19.6 Å². The Morgan fingerprint density at radius 1 is 1.19 bits per heavy atom. The van der Waals surface area contributed by atoms with Gasteiger partial charge in [0.1, 0.15) is 0 Å². The summed E-state index contributed by atoms with van der Waals surface area (Å²) in [6.07, 6.45) is 3.38. The SMILES string of the molecule is O=C(c1cn(CC2CC(F)(F)CN2Cc2ccccc2)nn1)N1CCCC1. The second-order valence-electron chi connectivity index (χ2n) is 7.43. The van der Waals surface area contributed by atoms with E-state index < -0.39 is 5.92 Å². The van der Waals surface area contributed by atoms with E-state index in [1.165, 1.54) is 4.68 Å². The fourth-order valence-electron chi connectivity index (χ4n) is 3.93. The second kappa shape index (κ2) is 7.34. The zero-order chi connectivity index (χ0) is 18.9. The third kappa shape index (κ3) is 4.16. The van der Waals surface area contributed by atoms with Gasteiger partial charge in [0, 0.05) is 32.1 Å². The molecule has 1 amide bonds. The van der Waals surface area contributed by atoms with Crippen molar-refractivity contribution < 1.29 is 13.6 Å². The summed E-state index contributed by atoms with van der Waals surface area (Å²) in [5.74, 6) is -2.84. The highest BCUT2D eigenvalue weighted by atomic mass is 19.3. The standard InChI is InChI=1S/C19H23F2N5O/c20-19(21)10-16(25(14-19)11-15-6-2-1-3-7-15)12-26-13-17(22-23-26)18(27)24-8-4-5-9-24/h1-3,6-7,13,16H,4-5,8-12,14H2. The Morgan fingerprint density at radius 2 is 1.93 bits per heavy atom.